The molecule has 2 rings (SSSR count). The second kappa shape index (κ2) is 4.37. The van der Waals surface area contributed by atoms with Crippen LogP contribution in [-0.4, -0.2) is 37.9 Å². The fourth-order valence-corrected chi connectivity index (χ4v) is 3.13. The summed E-state index contributed by atoms with van der Waals surface area (Å²) in [4.78, 5) is 0. The third-order valence-corrected chi connectivity index (χ3v) is 4.19. The summed E-state index contributed by atoms with van der Waals surface area (Å²) in [6.07, 6.45) is 5.35. The molecule has 15 heavy (non-hydrogen) atoms. The summed E-state index contributed by atoms with van der Waals surface area (Å²) in [7, 11) is -3.51. The Balaban J connectivity index is 1.94. The van der Waals surface area contributed by atoms with Gasteiger partial charge in [0.2, 0.25) is 0 Å². The monoisotopic (exact) mass is 233 g/mol. The van der Waals surface area contributed by atoms with Gasteiger partial charge in [0, 0.05) is 18.6 Å². The normalized spacial score (nSPS) is 28.3. The minimum Gasteiger partial charge on any atom is -0.313 e. The van der Waals surface area contributed by atoms with Crippen LogP contribution in [0.4, 0.5) is 0 Å². The van der Waals surface area contributed by atoms with E-state index in [2.05, 4.69) is 5.32 Å². The fraction of sp³-hybridized carbons (Fsp3) is 1.00. The Morgan fingerprint density at radius 1 is 1.27 bits per heavy atom. The van der Waals surface area contributed by atoms with E-state index in [-0.39, 0.29) is 12.1 Å². The Kier molecular flexibility index (Phi) is 3.30. The maximum absolute atomic E-state index is 11.4. The molecule has 0 bridgehead atoms. The minimum absolute atomic E-state index is 0.170. The van der Waals surface area contributed by atoms with Crippen molar-refractivity contribution in [3.8, 4) is 0 Å². The van der Waals surface area contributed by atoms with E-state index in [9.17, 15) is 8.42 Å². The van der Waals surface area contributed by atoms with Gasteiger partial charge in [-0.2, -0.15) is 12.7 Å². The molecule has 0 aromatic heterocycles. The summed E-state index contributed by atoms with van der Waals surface area (Å²) in [6.45, 7) is 1.54. The van der Waals surface area contributed by atoms with Crippen LogP contribution in [0.5, 0.6) is 0 Å². The van der Waals surface area contributed by atoms with Gasteiger partial charge in [-0.05, 0) is 32.2 Å². The van der Waals surface area contributed by atoms with E-state index >= 15 is 0 Å². The first kappa shape index (κ1) is 11.3. The zero-order chi connectivity index (χ0) is 10.9. The first-order valence-corrected chi connectivity index (χ1v) is 7.10. The van der Waals surface area contributed by atoms with Crippen LogP contribution < -0.4 is 10.5 Å². The van der Waals surface area contributed by atoms with Crippen LogP contribution in [0.2, 0.25) is 0 Å². The average molecular weight is 233 g/mol. The SMILES string of the molecule is NS(=O)(=O)N(CC1CCCCN1)C1CC1. The predicted octanol–water partition coefficient (Wildman–Crippen LogP) is -0.204. The topological polar surface area (TPSA) is 75.4 Å². The lowest BCUT2D eigenvalue weighted by Gasteiger charge is -2.28. The second-order valence-corrected chi connectivity index (χ2v) is 5.99. The minimum atomic E-state index is -3.51. The van der Waals surface area contributed by atoms with Crippen molar-refractivity contribution in [2.24, 2.45) is 5.14 Å². The number of nitrogens with one attached hydrogen (secondary N) is 1. The molecule has 1 saturated carbocycles. The maximum Gasteiger partial charge on any atom is 0.277 e. The zero-order valence-electron chi connectivity index (χ0n) is 8.85. The smallest absolute Gasteiger partial charge is 0.277 e. The zero-order valence-corrected chi connectivity index (χ0v) is 9.67. The predicted molar refractivity (Wildman–Crippen MR) is 58.5 cm³/mol. The van der Waals surface area contributed by atoms with Crippen LogP contribution in [0.1, 0.15) is 32.1 Å². The molecule has 5 nitrogen and oxygen atoms in total. The number of hydrogen-bond donors (Lipinski definition) is 2. The van der Waals surface area contributed by atoms with Gasteiger partial charge in [-0.15, -0.1) is 0 Å². The number of piperidine rings is 1. The number of nitrogens with two attached hydrogens (primary N) is 1. The van der Waals surface area contributed by atoms with Crippen molar-refractivity contribution in [1.29, 1.82) is 0 Å². The molecule has 6 heteroatoms. The molecule has 2 fully saturated rings. The number of nitrogens with zero attached hydrogens (tertiary/aromatic N) is 1. The van der Waals surface area contributed by atoms with Crippen LogP contribution in [0, 0.1) is 0 Å². The first-order valence-electron chi connectivity index (χ1n) is 5.60. The third-order valence-electron chi connectivity index (χ3n) is 3.09. The molecule has 3 N–H and O–H groups in total. The van der Waals surface area contributed by atoms with Gasteiger partial charge in [0.05, 0.1) is 0 Å². The van der Waals surface area contributed by atoms with Gasteiger partial charge >= 0.3 is 0 Å². The quantitative estimate of drug-likeness (QED) is 0.706. The molecule has 1 aliphatic heterocycles. The molecule has 0 aromatic rings. The van der Waals surface area contributed by atoms with Gasteiger partial charge in [-0.1, -0.05) is 6.42 Å². The first-order chi connectivity index (χ1) is 7.07. The molecule has 0 spiro atoms. The third kappa shape index (κ3) is 3.14. The number of rotatable bonds is 4. The molecule has 1 saturated heterocycles. The molecule has 0 aromatic carbocycles. The van der Waals surface area contributed by atoms with Crippen molar-refractivity contribution in [2.45, 2.75) is 44.2 Å². The summed E-state index contributed by atoms with van der Waals surface area (Å²) in [5, 5.41) is 8.55. The average Bonchev–Trinajstić information content (AvgIpc) is 2.97. The molecule has 2 aliphatic rings. The molecule has 1 aliphatic carbocycles. The van der Waals surface area contributed by atoms with E-state index in [1.807, 2.05) is 0 Å². The molecule has 0 radical (unpaired) electrons. The van der Waals surface area contributed by atoms with Gasteiger partial charge in [0.1, 0.15) is 0 Å². The van der Waals surface area contributed by atoms with Crippen molar-refractivity contribution in [2.75, 3.05) is 13.1 Å². The van der Waals surface area contributed by atoms with Crippen LogP contribution in [0.3, 0.4) is 0 Å². The van der Waals surface area contributed by atoms with Crippen LogP contribution in [0.15, 0.2) is 0 Å². The van der Waals surface area contributed by atoms with Crippen molar-refractivity contribution >= 4 is 10.2 Å². The molecule has 88 valence electrons. The standard InChI is InChI=1S/C9H19N3O2S/c10-15(13,14)12(9-4-5-9)7-8-3-1-2-6-11-8/h8-9,11H,1-7H2,(H2,10,13,14). The molecule has 1 unspecified atom stereocenters. The van der Waals surface area contributed by atoms with E-state index in [0.29, 0.717) is 6.54 Å². The molecule has 1 atom stereocenters. The summed E-state index contributed by atoms with van der Waals surface area (Å²) < 4.78 is 24.2. The van der Waals surface area contributed by atoms with Gasteiger partial charge < -0.3 is 5.32 Å². The van der Waals surface area contributed by atoms with Crippen LogP contribution in [-0.2, 0) is 10.2 Å². The van der Waals surface area contributed by atoms with Crippen LogP contribution in [0.25, 0.3) is 0 Å². The highest BCUT2D eigenvalue weighted by atomic mass is 32.2. The fourth-order valence-electron chi connectivity index (χ4n) is 2.12. The summed E-state index contributed by atoms with van der Waals surface area (Å²) >= 11 is 0. The van der Waals surface area contributed by atoms with E-state index in [1.165, 1.54) is 17.1 Å². The van der Waals surface area contributed by atoms with E-state index in [4.69, 9.17) is 5.14 Å². The van der Waals surface area contributed by atoms with E-state index < -0.39 is 10.2 Å². The van der Waals surface area contributed by atoms with Crippen molar-refractivity contribution in [3.63, 3.8) is 0 Å². The lowest BCUT2D eigenvalue weighted by Crippen LogP contribution is -2.48. The summed E-state index contributed by atoms with van der Waals surface area (Å²) in [5.74, 6) is 0. The van der Waals surface area contributed by atoms with Gasteiger partial charge in [0.15, 0.2) is 0 Å². The molecule has 0 amide bonds. The van der Waals surface area contributed by atoms with Crippen molar-refractivity contribution < 1.29 is 8.42 Å². The molecular weight excluding hydrogens is 214 g/mol. The highest BCUT2D eigenvalue weighted by Gasteiger charge is 2.36. The summed E-state index contributed by atoms with van der Waals surface area (Å²) in [6, 6.07) is 0.460. The van der Waals surface area contributed by atoms with Gasteiger partial charge in [-0.3, -0.25) is 0 Å². The van der Waals surface area contributed by atoms with E-state index in [0.717, 1.165) is 25.8 Å². The second-order valence-electron chi connectivity index (χ2n) is 4.49. The number of hydrogen-bond acceptors (Lipinski definition) is 3. The molecular formula is C9H19N3O2S. The Morgan fingerprint density at radius 2 is 2.00 bits per heavy atom. The Morgan fingerprint density at radius 3 is 2.47 bits per heavy atom. The van der Waals surface area contributed by atoms with Gasteiger partial charge in [0.25, 0.3) is 10.2 Å². The van der Waals surface area contributed by atoms with E-state index in [1.54, 1.807) is 0 Å². The van der Waals surface area contributed by atoms with Crippen molar-refractivity contribution in [1.82, 2.24) is 9.62 Å². The Labute approximate surface area is 91.2 Å². The highest BCUT2D eigenvalue weighted by Crippen LogP contribution is 2.28. The van der Waals surface area contributed by atoms with Crippen molar-refractivity contribution in [3.05, 3.63) is 0 Å². The lowest BCUT2D eigenvalue weighted by atomic mass is 10.1. The van der Waals surface area contributed by atoms with Crippen LogP contribution >= 0.6 is 0 Å². The Bertz CT molecular complexity index is 307. The lowest BCUT2D eigenvalue weighted by molar-refractivity contribution is 0.308. The Hall–Kier alpha value is -0.170. The molecule has 1 heterocycles. The largest absolute Gasteiger partial charge is 0.313 e. The maximum atomic E-state index is 11.4. The van der Waals surface area contributed by atoms with Gasteiger partial charge in [-0.25, -0.2) is 5.14 Å². The summed E-state index contributed by atoms with van der Waals surface area (Å²) in [5.41, 5.74) is 0. The highest BCUT2D eigenvalue weighted by molar-refractivity contribution is 7.86.